The zero-order valence-corrected chi connectivity index (χ0v) is 7.78. The Morgan fingerprint density at radius 3 is 2.85 bits per heavy atom. The van der Waals surface area contributed by atoms with E-state index in [1.54, 1.807) is 13.2 Å². The van der Waals surface area contributed by atoms with Gasteiger partial charge in [0.2, 0.25) is 5.88 Å². The lowest BCUT2D eigenvalue weighted by Gasteiger charge is -2.03. The van der Waals surface area contributed by atoms with Crippen molar-refractivity contribution in [1.82, 2.24) is 9.97 Å². The van der Waals surface area contributed by atoms with Crippen molar-refractivity contribution in [2.24, 2.45) is 0 Å². The van der Waals surface area contributed by atoms with Crippen LogP contribution in [0.25, 0.3) is 0 Å². The molecule has 0 aliphatic heterocycles. The second-order valence-corrected chi connectivity index (χ2v) is 2.54. The predicted octanol–water partition coefficient (Wildman–Crippen LogP) is 0.789. The molecule has 1 rings (SSSR count). The van der Waals surface area contributed by atoms with Crippen molar-refractivity contribution in [2.75, 3.05) is 7.11 Å². The Bertz CT molecular complexity index is 277. The van der Waals surface area contributed by atoms with Crippen LogP contribution in [0.5, 0.6) is 5.88 Å². The first-order valence-corrected chi connectivity index (χ1v) is 4.14. The summed E-state index contributed by atoms with van der Waals surface area (Å²) in [5.74, 6) is 1.22. The van der Waals surface area contributed by atoms with Crippen molar-refractivity contribution in [2.45, 2.75) is 19.8 Å². The van der Waals surface area contributed by atoms with Gasteiger partial charge in [0.15, 0.2) is 0 Å². The minimum atomic E-state index is 0.311. The number of carbonyl (C=O) groups excluding carboxylic acids is 1. The van der Waals surface area contributed by atoms with Gasteiger partial charge in [0.05, 0.1) is 12.8 Å². The standard InChI is InChI=1S/C9H12N2O2/c1-3-8-10-7(4-5-12)6-9(11-8)13-2/h5-6H,3-4H2,1-2H3. The lowest BCUT2D eigenvalue weighted by molar-refractivity contribution is -0.107. The summed E-state index contributed by atoms with van der Waals surface area (Å²) >= 11 is 0. The Hall–Kier alpha value is -1.45. The first kappa shape index (κ1) is 9.64. The minimum absolute atomic E-state index is 0.311. The molecule has 4 heteroatoms. The Morgan fingerprint density at radius 1 is 1.54 bits per heavy atom. The number of ether oxygens (including phenoxy) is 1. The molecule has 0 unspecified atom stereocenters. The zero-order valence-electron chi connectivity index (χ0n) is 7.78. The third-order valence-electron chi connectivity index (χ3n) is 1.62. The maximum absolute atomic E-state index is 10.3. The van der Waals surface area contributed by atoms with Gasteiger partial charge in [-0.05, 0) is 0 Å². The number of aromatic nitrogens is 2. The molecular formula is C9H12N2O2. The lowest BCUT2D eigenvalue weighted by Crippen LogP contribution is -2.01. The van der Waals surface area contributed by atoms with Crippen LogP contribution in [0.1, 0.15) is 18.4 Å². The lowest BCUT2D eigenvalue weighted by atomic mass is 10.3. The molecule has 0 N–H and O–H groups in total. The Kier molecular flexibility index (Phi) is 3.37. The van der Waals surface area contributed by atoms with Gasteiger partial charge in [-0.25, -0.2) is 4.98 Å². The van der Waals surface area contributed by atoms with E-state index < -0.39 is 0 Å². The maximum atomic E-state index is 10.3. The molecule has 0 amide bonds. The van der Waals surface area contributed by atoms with E-state index >= 15 is 0 Å². The molecule has 0 fully saturated rings. The number of rotatable bonds is 4. The molecule has 0 saturated carbocycles. The molecule has 0 radical (unpaired) electrons. The van der Waals surface area contributed by atoms with Gasteiger partial charge in [-0.1, -0.05) is 6.92 Å². The molecule has 0 aliphatic carbocycles. The van der Waals surface area contributed by atoms with Crippen molar-refractivity contribution >= 4 is 6.29 Å². The van der Waals surface area contributed by atoms with Crippen LogP contribution in [0.3, 0.4) is 0 Å². The van der Waals surface area contributed by atoms with Crippen LogP contribution in [0.15, 0.2) is 6.07 Å². The van der Waals surface area contributed by atoms with Crippen LogP contribution < -0.4 is 4.74 Å². The molecule has 0 bridgehead atoms. The van der Waals surface area contributed by atoms with E-state index in [2.05, 4.69) is 9.97 Å². The molecule has 0 atom stereocenters. The molecule has 70 valence electrons. The van der Waals surface area contributed by atoms with E-state index in [0.29, 0.717) is 23.8 Å². The van der Waals surface area contributed by atoms with Gasteiger partial charge in [-0.3, -0.25) is 0 Å². The largest absolute Gasteiger partial charge is 0.481 e. The summed E-state index contributed by atoms with van der Waals surface area (Å²) < 4.78 is 4.98. The fourth-order valence-corrected chi connectivity index (χ4v) is 0.978. The van der Waals surface area contributed by atoms with E-state index in [-0.39, 0.29) is 0 Å². The van der Waals surface area contributed by atoms with Gasteiger partial charge in [-0.2, -0.15) is 4.98 Å². The predicted molar refractivity (Wildman–Crippen MR) is 47.7 cm³/mol. The Morgan fingerprint density at radius 2 is 2.31 bits per heavy atom. The zero-order chi connectivity index (χ0) is 9.68. The third kappa shape index (κ3) is 2.50. The van der Waals surface area contributed by atoms with Crippen LogP contribution in [-0.4, -0.2) is 23.4 Å². The van der Waals surface area contributed by atoms with E-state index in [1.165, 1.54) is 0 Å². The van der Waals surface area contributed by atoms with E-state index in [1.807, 2.05) is 6.92 Å². The van der Waals surface area contributed by atoms with Crippen molar-refractivity contribution in [3.05, 3.63) is 17.6 Å². The molecule has 13 heavy (non-hydrogen) atoms. The minimum Gasteiger partial charge on any atom is -0.481 e. The first-order chi connectivity index (χ1) is 6.30. The summed E-state index contributed by atoms with van der Waals surface area (Å²) in [5, 5.41) is 0. The molecule has 4 nitrogen and oxygen atoms in total. The molecule has 1 aromatic rings. The third-order valence-corrected chi connectivity index (χ3v) is 1.62. The van der Waals surface area contributed by atoms with E-state index in [9.17, 15) is 4.79 Å². The normalized spacial score (nSPS) is 9.69. The molecule has 0 aromatic carbocycles. The quantitative estimate of drug-likeness (QED) is 0.643. The smallest absolute Gasteiger partial charge is 0.216 e. The molecule has 0 aliphatic rings. The van der Waals surface area contributed by atoms with E-state index in [0.717, 1.165) is 12.7 Å². The van der Waals surface area contributed by atoms with Crippen LogP contribution in [-0.2, 0) is 17.6 Å². The van der Waals surface area contributed by atoms with Gasteiger partial charge < -0.3 is 9.53 Å². The second kappa shape index (κ2) is 4.54. The van der Waals surface area contributed by atoms with Crippen molar-refractivity contribution < 1.29 is 9.53 Å². The molecule has 0 spiro atoms. The van der Waals surface area contributed by atoms with Crippen molar-refractivity contribution in [1.29, 1.82) is 0 Å². The monoisotopic (exact) mass is 180 g/mol. The molecule has 1 aromatic heterocycles. The number of hydrogen-bond acceptors (Lipinski definition) is 4. The summed E-state index contributed by atoms with van der Waals surface area (Å²) in [6.07, 6.45) is 1.87. The number of aryl methyl sites for hydroxylation is 1. The Labute approximate surface area is 77.0 Å². The molecule has 0 saturated heterocycles. The van der Waals surface area contributed by atoms with Gasteiger partial charge in [0.25, 0.3) is 0 Å². The first-order valence-electron chi connectivity index (χ1n) is 4.14. The van der Waals surface area contributed by atoms with Crippen LogP contribution >= 0.6 is 0 Å². The van der Waals surface area contributed by atoms with Gasteiger partial charge in [0.1, 0.15) is 12.1 Å². The van der Waals surface area contributed by atoms with Gasteiger partial charge >= 0.3 is 0 Å². The molecular weight excluding hydrogens is 168 g/mol. The number of hydrogen-bond donors (Lipinski definition) is 0. The van der Waals surface area contributed by atoms with Gasteiger partial charge in [0, 0.05) is 18.9 Å². The van der Waals surface area contributed by atoms with Crippen LogP contribution in [0.2, 0.25) is 0 Å². The fraction of sp³-hybridized carbons (Fsp3) is 0.444. The summed E-state index contributed by atoms with van der Waals surface area (Å²) in [4.78, 5) is 18.5. The summed E-state index contributed by atoms with van der Waals surface area (Å²) in [5.41, 5.74) is 0.707. The summed E-state index contributed by atoms with van der Waals surface area (Å²) in [6.45, 7) is 1.96. The molecule has 1 heterocycles. The van der Waals surface area contributed by atoms with Crippen LogP contribution in [0, 0.1) is 0 Å². The highest BCUT2D eigenvalue weighted by Gasteiger charge is 2.02. The average molecular weight is 180 g/mol. The number of nitrogens with zero attached hydrogens (tertiary/aromatic N) is 2. The SMILES string of the molecule is CCc1nc(CC=O)cc(OC)n1. The number of carbonyl (C=O) groups is 1. The van der Waals surface area contributed by atoms with Crippen LogP contribution in [0.4, 0.5) is 0 Å². The Balaban J connectivity index is 2.99. The van der Waals surface area contributed by atoms with Crippen molar-refractivity contribution in [3.63, 3.8) is 0 Å². The topological polar surface area (TPSA) is 52.1 Å². The maximum Gasteiger partial charge on any atom is 0.216 e. The number of aldehydes is 1. The van der Waals surface area contributed by atoms with E-state index in [4.69, 9.17) is 4.74 Å². The highest BCUT2D eigenvalue weighted by atomic mass is 16.5. The fourth-order valence-electron chi connectivity index (χ4n) is 0.978. The van der Waals surface area contributed by atoms with Gasteiger partial charge in [-0.15, -0.1) is 0 Å². The summed E-state index contributed by atoms with van der Waals surface area (Å²) in [7, 11) is 1.55. The summed E-state index contributed by atoms with van der Waals surface area (Å²) in [6, 6.07) is 1.67. The van der Waals surface area contributed by atoms with Crippen molar-refractivity contribution in [3.8, 4) is 5.88 Å². The number of methoxy groups -OCH3 is 1. The average Bonchev–Trinajstić information content (AvgIpc) is 2.17. The highest BCUT2D eigenvalue weighted by molar-refractivity contribution is 5.53. The second-order valence-electron chi connectivity index (χ2n) is 2.54. The highest BCUT2D eigenvalue weighted by Crippen LogP contribution is 2.09.